The molecular weight excluding hydrogens is 276 g/mol. The van der Waals surface area contributed by atoms with Crippen LogP contribution in [-0.4, -0.2) is 20.7 Å². The highest BCUT2D eigenvalue weighted by Crippen LogP contribution is 2.12. The summed E-state index contributed by atoms with van der Waals surface area (Å²) in [5.74, 6) is -0.169. The van der Waals surface area contributed by atoms with Crippen LogP contribution in [-0.2, 0) is 20.0 Å². The van der Waals surface area contributed by atoms with Gasteiger partial charge in [0, 0.05) is 24.5 Å². The molecule has 20 heavy (non-hydrogen) atoms. The lowest BCUT2D eigenvalue weighted by atomic mass is 10.1. The molecule has 0 spiro atoms. The number of hydrogen-bond donors (Lipinski definition) is 1. The summed E-state index contributed by atoms with van der Waals surface area (Å²) >= 11 is 5.94. The van der Waals surface area contributed by atoms with E-state index in [0.29, 0.717) is 17.3 Å². The molecule has 0 atom stereocenters. The van der Waals surface area contributed by atoms with Gasteiger partial charge in [-0.1, -0.05) is 24.9 Å². The van der Waals surface area contributed by atoms with Crippen LogP contribution in [0.25, 0.3) is 0 Å². The minimum absolute atomic E-state index is 0.169. The van der Waals surface area contributed by atoms with E-state index in [4.69, 9.17) is 11.6 Å². The van der Waals surface area contributed by atoms with Gasteiger partial charge in [-0.3, -0.25) is 9.48 Å². The topological polar surface area (TPSA) is 59.8 Å². The first-order chi connectivity index (χ1) is 9.58. The number of carbonyl (C=O) groups excluding carboxylic acids is 1. The van der Waals surface area contributed by atoms with Crippen molar-refractivity contribution in [3.05, 3.63) is 46.5 Å². The lowest BCUT2D eigenvalue weighted by molar-refractivity contribution is 0.0950. The fourth-order valence-electron chi connectivity index (χ4n) is 1.90. The molecule has 0 radical (unpaired) electrons. The lowest BCUT2D eigenvalue weighted by Gasteiger charge is -2.06. The fourth-order valence-corrected chi connectivity index (χ4v) is 2.12. The van der Waals surface area contributed by atoms with Crippen LogP contribution in [0, 0.1) is 0 Å². The first kappa shape index (κ1) is 14.5. The highest BCUT2D eigenvalue weighted by atomic mass is 35.5. The number of amides is 1. The minimum Gasteiger partial charge on any atom is -0.346 e. The predicted molar refractivity (Wildman–Crippen MR) is 77.6 cm³/mol. The Morgan fingerprint density at radius 3 is 2.85 bits per heavy atom. The van der Waals surface area contributed by atoms with E-state index < -0.39 is 0 Å². The van der Waals surface area contributed by atoms with Gasteiger partial charge in [0.25, 0.3) is 5.91 Å². The molecule has 5 nitrogen and oxygen atoms in total. The number of aromatic nitrogens is 3. The van der Waals surface area contributed by atoms with Gasteiger partial charge in [-0.15, -0.1) is 0 Å². The fraction of sp³-hybridized carbons (Fsp3) is 0.357. The molecule has 0 bridgehead atoms. The van der Waals surface area contributed by atoms with Gasteiger partial charge in [-0.25, -0.2) is 4.98 Å². The number of carbonyl (C=O) groups is 1. The quantitative estimate of drug-likeness (QED) is 0.861. The van der Waals surface area contributed by atoms with Crippen molar-refractivity contribution in [1.82, 2.24) is 20.1 Å². The molecule has 0 aromatic carbocycles. The molecular formula is C14H17ClN4O. The van der Waals surface area contributed by atoms with E-state index in [1.807, 2.05) is 19.3 Å². The molecule has 0 unspecified atom stereocenters. The first-order valence-corrected chi connectivity index (χ1v) is 6.89. The lowest BCUT2D eigenvalue weighted by Crippen LogP contribution is -2.23. The highest BCUT2D eigenvalue weighted by Gasteiger charge is 2.09. The molecule has 2 heterocycles. The molecule has 0 fully saturated rings. The number of pyridine rings is 1. The summed E-state index contributed by atoms with van der Waals surface area (Å²) in [5, 5.41) is 7.37. The Hall–Kier alpha value is -1.88. The van der Waals surface area contributed by atoms with Gasteiger partial charge in [-0.05, 0) is 24.6 Å². The molecule has 0 aliphatic heterocycles. The van der Waals surface area contributed by atoms with Gasteiger partial charge < -0.3 is 5.32 Å². The van der Waals surface area contributed by atoms with Crippen molar-refractivity contribution in [2.24, 2.45) is 7.05 Å². The van der Waals surface area contributed by atoms with Gasteiger partial charge >= 0.3 is 0 Å². The summed E-state index contributed by atoms with van der Waals surface area (Å²) in [6.07, 6.45) is 3.60. The van der Waals surface area contributed by atoms with Crippen LogP contribution in [0.2, 0.25) is 5.15 Å². The minimum atomic E-state index is -0.169. The summed E-state index contributed by atoms with van der Waals surface area (Å²) < 4.78 is 1.70. The molecule has 0 aliphatic carbocycles. The second kappa shape index (κ2) is 6.52. The highest BCUT2D eigenvalue weighted by molar-refractivity contribution is 6.29. The zero-order chi connectivity index (χ0) is 14.5. The van der Waals surface area contributed by atoms with Crippen LogP contribution in [0.1, 0.15) is 35.1 Å². The van der Waals surface area contributed by atoms with Crippen molar-refractivity contribution in [2.75, 3.05) is 0 Å². The maximum absolute atomic E-state index is 12.1. The Morgan fingerprint density at radius 1 is 1.40 bits per heavy atom. The van der Waals surface area contributed by atoms with Crippen molar-refractivity contribution in [3.63, 3.8) is 0 Å². The third-order valence-corrected chi connectivity index (χ3v) is 3.01. The average molecular weight is 293 g/mol. The van der Waals surface area contributed by atoms with Crippen molar-refractivity contribution < 1.29 is 4.79 Å². The number of nitrogens with zero attached hydrogens (tertiary/aromatic N) is 3. The van der Waals surface area contributed by atoms with E-state index in [1.54, 1.807) is 16.8 Å². The summed E-state index contributed by atoms with van der Waals surface area (Å²) in [4.78, 5) is 16.3. The second-order valence-electron chi connectivity index (χ2n) is 4.58. The Labute approximate surface area is 123 Å². The first-order valence-electron chi connectivity index (χ1n) is 6.51. The normalized spacial score (nSPS) is 10.6. The second-order valence-corrected chi connectivity index (χ2v) is 4.97. The maximum Gasteiger partial charge on any atom is 0.251 e. The van der Waals surface area contributed by atoms with Crippen molar-refractivity contribution >= 4 is 17.5 Å². The Kier molecular flexibility index (Phi) is 4.74. The molecule has 0 saturated heterocycles. The molecule has 0 saturated carbocycles. The standard InChI is InChI=1S/C14H17ClN4O/c1-3-4-11-7-10(8-13(15)17-11)14(20)16-9-12-5-6-19(2)18-12/h5-8H,3-4,9H2,1-2H3,(H,16,20). The van der Waals surface area contributed by atoms with Crippen LogP contribution in [0.3, 0.4) is 0 Å². The number of nitrogens with one attached hydrogen (secondary N) is 1. The Bertz CT molecular complexity index is 609. The summed E-state index contributed by atoms with van der Waals surface area (Å²) in [5.41, 5.74) is 2.18. The number of aryl methyl sites for hydroxylation is 2. The van der Waals surface area contributed by atoms with E-state index in [-0.39, 0.29) is 5.91 Å². The zero-order valence-electron chi connectivity index (χ0n) is 11.6. The van der Waals surface area contributed by atoms with Crippen LogP contribution < -0.4 is 5.32 Å². The summed E-state index contributed by atoms with van der Waals surface area (Å²) in [6.45, 7) is 2.45. The van der Waals surface area contributed by atoms with Crippen LogP contribution in [0.5, 0.6) is 0 Å². The van der Waals surface area contributed by atoms with Gasteiger partial charge in [0.05, 0.1) is 12.2 Å². The third-order valence-electron chi connectivity index (χ3n) is 2.81. The summed E-state index contributed by atoms with van der Waals surface area (Å²) in [6, 6.07) is 5.22. The van der Waals surface area contributed by atoms with E-state index in [0.717, 1.165) is 24.2 Å². The van der Waals surface area contributed by atoms with Crippen LogP contribution in [0.15, 0.2) is 24.4 Å². The molecule has 2 aromatic heterocycles. The van der Waals surface area contributed by atoms with E-state index >= 15 is 0 Å². The van der Waals surface area contributed by atoms with E-state index in [2.05, 4.69) is 22.3 Å². The van der Waals surface area contributed by atoms with E-state index in [1.165, 1.54) is 0 Å². The van der Waals surface area contributed by atoms with Crippen molar-refractivity contribution in [1.29, 1.82) is 0 Å². The van der Waals surface area contributed by atoms with Gasteiger partial charge in [0.1, 0.15) is 5.15 Å². The molecule has 6 heteroatoms. The zero-order valence-corrected chi connectivity index (χ0v) is 12.3. The smallest absolute Gasteiger partial charge is 0.251 e. The van der Waals surface area contributed by atoms with Gasteiger partial charge in [0.2, 0.25) is 0 Å². The Balaban J connectivity index is 2.04. The van der Waals surface area contributed by atoms with Gasteiger partial charge in [0.15, 0.2) is 0 Å². The van der Waals surface area contributed by atoms with Crippen LogP contribution >= 0.6 is 11.6 Å². The predicted octanol–water partition coefficient (Wildman–Crippen LogP) is 2.35. The van der Waals surface area contributed by atoms with E-state index in [9.17, 15) is 4.79 Å². The average Bonchev–Trinajstić information content (AvgIpc) is 2.81. The number of rotatable bonds is 5. The molecule has 0 aliphatic rings. The molecule has 2 rings (SSSR count). The maximum atomic E-state index is 12.1. The number of halogens is 1. The molecule has 2 aromatic rings. The summed E-state index contributed by atoms with van der Waals surface area (Å²) in [7, 11) is 1.84. The largest absolute Gasteiger partial charge is 0.346 e. The van der Waals surface area contributed by atoms with Gasteiger partial charge in [-0.2, -0.15) is 5.10 Å². The molecule has 1 N–H and O–H groups in total. The van der Waals surface area contributed by atoms with Crippen molar-refractivity contribution in [2.45, 2.75) is 26.3 Å². The SMILES string of the molecule is CCCc1cc(C(=O)NCc2ccn(C)n2)cc(Cl)n1. The van der Waals surface area contributed by atoms with Crippen molar-refractivity contribution in [3.8, 4) is 0 Å². The third kappa shape index (κ3) is 3.81. The molecule has 106 valence electrons. The Morgan fingerprint density at radius 2 is 2.20 bits per heavy atom. The van der Waals surface area contributed by atoms with Crippen LogP contribution in [0.4, 0.5) is 0 Å². The molecule has 1 amide bonds. The number of hydrogen-bond acceptors (Lipinski definition) is 3. The monoisotopic (exact) mass is 292 g/mol.